The third kappa shape index (κ3) is 4.66. The van der Waals surface area contributed by atoms with Gasteiger partial charge in [0.05, 0.1) is 23.3 Å². The number of hydrogen-bond donors (Lipinski definition) is 1. The zero-order chi connectivity index (χ0) is 23.9. The summed E-state index contributed by atoms with van der Waals surface area (Å²) in [5.41, 5.74) is 1.55. The molecule has 178 valence electrons. The number of esters is 1. The number of ether oxygens (including phenoxy) is 1. The van der Waals surface area contributed by atoms with E-state index in [9.17, 15) is 19.2 Å². The van der Waals surface area contributed by atoms with E-state index >= 15 is 0 Å². The number of rotatable bonds is 4. The van der Waals surface area contributed by atoms with E-state index < -0.39 is 17.6 Å². The molecule has 4 rings (SSSR count). The highest BCUT2D eigenvalue weighted by Gasteiger charge is 2.32. The number of carbonyl (C=O) groups excluding carboxylic acids is 3. The Morgan fingerprint density at radius 3 is 2.45 bits per heavy atom. The standard InChI is InChI=1S/C23H31N5O5/c1-23(2,3)33-19(30)14-26-10-12-27(13-11-26)15-6-5-7-16-20(15)25(4)22(32)28(16)17-8-9-18(29)24-21(17)31/h5-7,17H,8-14H2,1-4H3,(H,24,29,31). The number of amides is 2. The number of imide groups is 1. The number of piperazine rings is 1. The van der Waals surface area contributed by atoms with Gasteiger partial charge in [-0.15, -0.1) is 0 Å². The summed E-state index contributed by atoms with van der Waals surface area (Å²) in [4.78, 5) is 53.6. The first-order chi connectivity index (χ1) is 15.5. The summed E-state index contributed by atoms with van der Waals surface area (Å²) in [7, 11) is 1.70. The van der Waals surface area contributed by atoms with Crippen LogP contribution in [-0.4, -0.2) is 70.1 Å². The Morgan fingerprint density at radius 2 is 1.82 bits per heavy atom. The van der Waals surface area contributed by atoms with Crippen molar-refractivity contribution >= 4 is 34.5 Å². The molecule has 2 aromatic rings. The predicted molar refractivity (Wildman–Crippen MR) is 123 cm³/mol. The van der Waals surface area contributed by atoms with Gasteiger partial charge >= 0.3 is 11.7 Å². The number of nitrogens with zero attached hydrogens (tertiary/aromatic N) is 4. The number of piperidine rings is 1. The van der Waals surface area contributed by atoms with E-state index in [1.54, 1.807) is 11.6 Å². The van der Waals surface area contributed by atoms with Crippen molar-refractivity contribution in [1.82, 2.24) is 19.4 Å². The first kappa shape index (κ1) is 23.0. The van der Waals surface area contributed by atoms with Crippen LogP contribution in [0.15, 0.2) is 23.0 Å². The second-order valence-electron chi connectivity index (χ2n) is 9.67. The van der Waals surface area contributed by atoms with Crippen LogP contribution in [0.5, 0.6) is 0 Å². The lowest BCUT2D eigenvalue weighted by Crippen LogP contribution is -2.48. The molecule has 33 heavy (non-hydrogen) atoms. The van der Waals surface area contributed by atoms with E-state index in [1.165, 1.54) is 4.57 Å². The molecule has 2 saturated heterocycles. The molecule has 10 heteroatoms. The van der Waals surface area contributed by atoms with E-state index in [0.29, 0.717) is 38.1 Å². The van der Waals surface area contributed by atoms with E-state index in [2.05, 4.69) is 15.1 Å². The Hall–Kier alpha value is -3.14. The molecular formula is C23H31N5O5. The summed E-state index contributed by atoms with van der Waals surface area (Å²) in [5, 5.41) is 2.34. The van der Waals surface area contributed by atoms with Crippen molar-refractivity contribution in [2.24, 2.45) is 7.05 Å². The lowest BCUT2D eigenvalue weighted by molar-refractivity contribution is -0.156. The van der Waals surface area contributed by atoms with Crippen molar-refractivity contribution in [1.29, 1.82) is 0 Å². The molecule has 0 spiro atoms. The van der Waals surface area contributed by atoms with Crippen LogP contribution in [0, 0.1) is 0 Å². The highest BCUT2D eigenvalue weighted by atomic mass is 16.6. The van der Waals surface area contributed by atoms with Crippen LogP contribution >= 0.6 is 0 Å². The van der Waals surface area contributed by atoms with Gasteiger partial charge in [-0.1, -0.05) is 6.07 Å². The van der Waals surface area contributed by atoms with Gasteiger partial charge in [-0.3, -0.25) is 33.7 Å². The lowest BCUT2D eigenvalue weighted by atomic mass is 10.1. The number of benzene rings is 1. The number of hydrogen-bond acceptors (Lipinski definition) is 7. The topological polar surface area (TPSA) is 106 Å². The zero-order valence-electron chi connectivity index (χ0n) is 19.6. The molecule has 2 aliphatic heterocycles. The van der Waals surface area contributed by atoms with Gasteiger partial charge in [0, 0.05) is 39.6 Å². The smallest absolute Gasteiger partial charge is 0.329 e. The molecule has 3 heterocycles. The Kier molecular flexibility index (Phi) is 6.04. The molecule has 2 fully saturated rings. The minimum atomic E-state index is -0.708. The van der Waals surface area contributed by atoms with Crippen LogP contribution in [0.4, 0.5) is 5.69 Å². The van der Waals surface area contributed by atoms with Crippen molar-refractivity contribution in [3.05, 3.63) is 28.7 Å². The molecule has 2 amide bonds. The van der Waals surface area contributed by atoms with Crippen molar-refractivity contribution in [2.45, 2.75) is 45.3 Å². The fraction of sp³-hybridized carbons (Fsp3) is 0.565. The van der Waals surface area contributed by atoms with Crippen molar-refractivity contribution in [3.63, 3.8) is 0 Å². The molecule has 10 nitrogen and oxygen atoms in total. The summed E-state index contributed by atoms with van der Waals surface area (Å²) in [6, 6.07) is 4.98. The molecular weight excluding hydrogens is 426 g/mol. The van der Waals surface area contributed by atoms with Crippen LogP contribution in [0.3, 0.4) is 0 Å². The molecule has 2 aliphatic rings. The number of imidazole rings is 1. The molecule has 1 N–H and O–H groups in total. The van der Waals surface area contributed by atoms with Gasteiger partial charge < -0.3 is 9.64 Å². The normalized spacial score (nSPS) is 20.2. The zero-order valence-corrected chi connectivity index (χ0v) is 19.6. The first-order valence-corrected chi connectivity index (χ1v) is 11.3. The summed E-state index contributed by atoms with van der Waals surface area (Å²) in [6.45, 7) is 8.59. The Bertz CT molecular complexity index is 1150. The van der Waals surface area contributed by atoms with Gasteiger partial charge in [0.15, 0.2) is 0 Å². The van der Waals surface area contributed by atoms with E-state index in [0.717, 1.165) is 11.2 Å². The molecule has 0 saturated carbocycles. The maximum atomic E-state index is 13.1. The number of para-hydroxylation sites is 1. The third-order valence-electron chi connectivity index (χ3n) is 6.09. The average Bonchev–Trinajstić information content (AvgIpc) is 2.98. The number of fused-ring (bicyclic) bond motifs is 1. The monoisotopic (exact) mass is 457 g/mol. The molecule has 0 radical (unpaired) electrons. The van der Waals surface area contributed by atoms with Crippen molar-refractivity contribution in [2.75, 3.05) is 37.6 Å². The highest BCUT2D eigenvalue weighted by Crippen LogP contribution is 2.30. The fourth-order valence-electron chi connectivity index (χ4n) is 4.61. The van der Waals surface area contributed by atoms with Crippen molar-refractivity contribution in [3.8, 4) is 0 Å². The molecule has 1 unspecified atom stereocenters. The maximum absolute atomic E-state index is 13.1. The van der Waals surface area contributed by atoms with E-state index in [4.69, 9.17) is 4.74 Å². The van der Waals surface area contributed by atoms with Crippen LogP contribution in [-0.2, 0) is 26.2 Å². The number of aromatic nitrogens is 2. The van der Waals surface area contributed by atoms with Crippen LogP contribution in [0.25, 0.3) is 11.0 Å². The molecule has 1 aromatic heterocycles. The van der Waals surface area contributed by atoms with E-state index in [1.807, 2.05) is 39.0 Å². The van der Waals surface area contributed by atoms with Gasteiger partial charge in [0.1, 0.15) is 11.6 Å². The molecule has 0 aliphatic carbocycles. The highest BCUT2D eigenvalue weighted by molar-refractivity contribution is 6.00. The van der Waals surface area contributed by atoms with Crippen LogP contribution < -0.4 is 15.9 Å². The largest absolute Gasteiger partial charge is 0.459 e. The lowest BCUT2D eigenvalue weighted by Gasteiger charge is -2.36. The average molecular weight is 458 g/mol. The van der Waals surface area contributed by atoms with Gasteiger partial charge in [-0.25, -0.2) is 4.79 Å². The third-order valence-corrected chi connectivity index (χ3v) is 6.09. The van der Waals surface area contributed by atoms with Gasteiger partial charge in [-0.2, -0.15) is 0 Å². The Morgan fingerprint density at radius 1 is 1.12 bits per heavy atom. The maximum Gasteiger partial charge on any atom is 0.329 e. The molecule has 0 bridgehead atoms. The Labute approximate surface area is 192 Å². The molecule has 1 atom stereocenters. The summed E-state index contributed by atoms with van der Waals surface area (Å²) >= 11 is 0. The Balaban J connectivity index is 1.55. The summed E-state index contributed by atoms with van der Waals surface area (Å²) < 4.78 is 8.50. The summed E-state index contributed by atoms with van der Waals surface area (Å²) in [6.07, 6.45) is 0.510. The van der Waals surface area contributed by atoms with Gasteiger partial charge in [-0.05, 0) is 39.3 Å². The van der Waals surface area contributed by atoms with Gasteiger partial charge in [0.25, 0.3) is 0 Å². The number of anilines is 1. The molecule has 1 aromatic carbocycles. The second-order valence-corrected chi connectivity index (χ2v) is 9.67. The van der Waals surface area contributed by atoms with Gasteiger partial charge in [0.2, 0.25) is 11.8 Å². The predicted octanol–water partition coefficient (Wildman–Crippen LogP) is 0.781. The number of aryl methyl sites for hydroxylation is 1. The van der Waals surface area contributed by atoms with Crippen molar-refractivity contribution < 1.29 is 19.1 Å². The second kappa shape index (κ2) is 8.66. The van der Waals surface area contributed by atoms with Crippen LogP contribution in [0.1, 0.15) is 39.7 Å². The SMILES string of the molecule is Cn1c(=O)n(C2CCC(=O)NC2=O)c2cccc(N3CCN(CC(=O)OC(C)(C)C)CC3)c21. The minimum Gasteiger partial charge on any atom is -0.459 e. The number of nitrogens with one attached hydrogen (secondary N) is 1. The summed E-state index contributed by atoms with van der Waals surface area (Å²) in [5.74, 6) is -0.988. The first-order valence-electron chi connectivity index (χ1n) is 11.3. The fourth-order valence-corrected chi connectivity index (χ4v) is 4.61. The van der Waals surface area contributed by atoms with Crippen LogP contribution in [0.2, 0.25) is 0 Å². The number of carbonyl (C=O) groups is 3. The van der Waals surface area contributed by atoms with E-state index in [-0.39, 0.29) is 30.5 Å². The minimum absolute atomic E-state index is 0.207. The quantitative estimate of drug-likeness (QED) is 0.534.